The van der Waals surface area contributed by atoms with Crippen LogP contribution in [-0.2, 0) is 4.79 Å². The maximum absolute atomic E-state index is 11.3. The predicted molar refractivity (Wildman–Crippen MR) is 41.5 cm³/mol. The Morgan fingerprint density at radius 3 is 2.33 bits per heavy atom. The van der Waals surface area contributed by atoms with Gasteiger partial charge in [-0.2, -0.15) is 5.32 Å². The maximum atomic E-state index is 11.3. The summed E-state index contributed by atoms with van der Waals surface area (Å²) < 4.78 is 0. The molecule has 2 aliphatic rings. The van der Waals surface area contributed by atoms with Crippen LogP contribution in [0.3, 0.4) is 0 Å². The second kappa shape index (κ2) is 2.47. The van der Waals surface area contributed by atoms with Gasteiger partial charge in [-0.25, -0.2) is 4.79 Å². The first-order valence-corrected chi connectivity index (χ1v) is 4.31. The smallest absolute Gasteiger partial charge is 0.322 e. The first-order valence-electron chi connectivity index (χ1n) is 4.31. The molecule has 1 spiro atoms. The van der Waals surface area contributed by atoms with E-state index in [9.17, 15) is 9.59 Å². The van der Waals surface area contributed by atoms with Gasteiger partial charge in [0.15, 0.2) is 0 Å². The highest BCUT2D eigenvalue weighted by molar-refractivity contribution is 6.06. The number of rotatable bonds is 0. The van der Waals surface area contributed by atoms with E-state index in [-0.39, 0.29) is 5.91 Å². The van der Waals surface area contributed by atoms with E-state index in [1.807, 2.05) is 0 Å². The van der Waals surface area contributed by atoms with Crippen molar-refractivity contribution in [2.24, 2.45) is 0 Å². The monoisotopic (exact) mass is 167 g/mol. The SMILES string of the molecule is O=C1[N]C(=O)C2(CCCCC2)N1. The molecule has 0 unspecified atom stereocenters. The average molecular weight is 167 g/mol. The van der Waals surface area contributed by atoms with Crippen LogP contribution in [0.2, 0.25) is 0 Å². The van der Waals surface area contributed by atoms with Gasteiger partial charge >= 0.3 is 6.03 Å². The lowest BCUT2D eigenvalue weighted by atomic mass is 9.82. The van der Waals surface area contributed by atoms with Crippen molar-refractivity contribution < 1.29 is 9.59 Å². The van der Waals surface area contributed by atoms with Gasteiger partial charge in [0, 0.05) is 0 Å². The summed E-state index contributed by atoms with van der Waals surface area (Å²) in [5, 5.41) is 6.04. The molecule has 1 aliphatic carbocycles. The molecule has 1 heterocycles. The quantitative estimate of drug-likeness (QED) is 0.535. The molecule has 0 aromatic rings. The Bertz CT molecular complexity index is 231. The highest BCUT2D eigenvalue weighted by atomic mass is 16.2. The Balaban J connectivity index is 2.18. The Labute approximate surface area is 70.7 Å². The minimum absolute atomic E-state index is 0.257. The molecular weight excluding hydrogens is 156 g/mol. The van der Waals surface area contributed by atoms with Crippen molar-refractivity contribution in [2.75, 3.05) is 0 Å². The molecule has 0 bridgehead atoms. The Morgan fingerprint density at radius 1 is 1.17 bits per heavy atom. The van der Waals surface area contributed by atoms with E-state index < -0.39 is 11.6 Å². The third-order valence-electron chi connectivity index (χ3n) is 2.67. The van der Waals surface area contributed by atoms with Gasteiger partial charge in [0.1, 0.15) is 5.54 Å². The van der Waals surface area contributed by atoms with Crippen LogP contribution in [0.25, 0.3) is 0 Å². The van der Waals surface area contributed by atoms with Gasteiger partial charge in [-0.3, -0.25) is 4.79 Å². The van der Waals surface area contributed by atoms with Crippen LogP contribution < -0.4 is 10.6 Å². The molecule has 0 aromatic heterocycles. The zero-order chi connectivity index (χ0) is 8.60. The minimum atomic E-state index is -0.602. The van der Waals surface area contributed by atoms with Crippen LogP contribution in [0.1, 0.15) is 32.1 Å². The van der Waals surface area contributed by atoms with Crippen molar-refractivity contribution >= 4 is 11.9 Å². The molecule has 4 nitrogen and oxygen atoms in total. The number of nitrogens with zero attached hydrogens (tertiary/aromatic N) is 1. The van der Waals surface area contributed by atoms with Crippen molar-refractivity contribution in [1.82, 2.24) is 10.6 Å². The number of carbonyl (C=O) groups is 2. The van der Waals surface area contributed by atoms with Crippen LogP contribution in [0.5, 0.6) is 0 Å². The molecule has 12 heavy (non-hydrogen) atoms. The third-order valence-corrected chi connectivity index (χ3v) is 2.67. The molecule has 1 saturated heterocycles. The largest absolute Gasteiger partial charge is 0.345 e. The molecule has 2 fully saturated rings. The summed E-state index contributed by atoms with van der Waals surface area (Å²) >= 11 is 0. The molecule has 3 amide bonds. The highest BCUT2D eigenvalue weighted by Crippen LogP contribution is 2.30. The Kier molecular flexibility index (Phi) is 1.56. The lowest BCUT2D eigenvalue weighted by molar-refractivity contribution is -0.125. The summed E-state index contributed by atoms with van der Waals surface area (Å²) in [5.41, 5.74) is -0.602. The number of amides is 3. The molecule has 4 heteroatoms. The molecule has 0 aromatic carbocycles. The summed E-state index contributed by atoms with van der Waals surface area (Å²) in [6, 6.07) is -0.457. The standard InChI is InChI=1S/C8H11N2O2/c11-6-8(10-7(12)9-6)4-2-1-3-5-8/h1-5H2,(H,10,12). The predicted octanol–water partition coefficient (Wildman–Crippen LogP) is 0.543. The van der Waals surface area contributed by atoms with Crippen LogP contribution >= 0.6 is 0 Å². The van der Waals surface area contributed by atoms with E-state index in [2.05, 4.69) is 10.6 Å². The third kappa shape index (κ3) is 0.983. The van der Waals surface area contributed by atoms with E-state index in [0.29, 0.717) is 0 Å². The van der Waals surface area contributed by atoms with E-state index >= 15 is 0 Å². The summed E-state index contributed by atoms with van der Waals surface area (Å²) in [4.78, 5) is 22.1. The van der Waals surface area contributed by atoms with Crippen molar-refractivity contribution in [3.63, 3.8) is 0 Å². The second-order valence-electron chi connectivity index (χ2n) is 3.49. The van der Waals surface area contributed by atoms with Crippen LogP contribution in [0, 0.1) is 0 Å². The van der Waals surface area contributed by atoms with Gasteiger partial charge in [-0.05, 0) is 12.8 Å². The molecule has 1 saturated carbocycles. The van der Waals surface area contributed by atoms with Crippen LogP contribution in [0.4, 0.5) is 4.79 Å². The maximum Gasteiger partial charge on any atom is 0.345 e. The normalized spacial score (nSPS) is 27.0. The van der Waals surface area contributed by atoms with Crippen LogP contribution in [-0.4, -0.2) is 17.5 Å². The lowest BCUT2D eigenvalue weighted by Gasteiger charge is -2.29. The van der Waals surface area contributed by atoms with Gasteiger partial charge in [-0.15, -0.1) is 0 Å². The topological polar surface area (TPSA) is 60.3 Å². The minimum Gasteiger partial charge on any atom is -0.322 e. The number of hydrogen-bond donors (Lipinski definition) is 1. The number of carbonyl (C=O) groups excluding carboxylic acids is 2. The molecule has 2 rings (SSSR count). The van der Waals surface area contributed by atoms with Gasteiger partial charge in [-0.1, -0.05) is 19.3 Å². The Morgan fingerprint density at radius 2 is 1.83 bits per heavy atom. The molecule has 65 valence electrons. The van der Waals surface area contributed by atoms with Crippen molar-refractivity contribution in [3.05, 3.63) is 0 Å². The van der Waals surface area contributed by atoms with E-state index in [1.54, 1.807) is 0 Å². The number of nitrogens with one attached hydrogen (secondary N) is 1. The van der Waals surface area contributed by atoms with Gasteiger partial charge in [0.25, 0.3) is 5.91 Å². The fourth-order valence-corrected chi connectivity index (χ4v) is 1.98. The zero-order valence-electron chi connectivity index (χ0n) is 6.80. The van der Waals surface area contributed by atoms with Crippen molar-refractivity contribution in [1.29, 1.82) is 0 Å². The fraction of sp³-hybridized carbons (Fsp3) is 0.750. The summed E-state index contributed by atoms with van der Waals surface area (Å²) in [6.07, 6.45) is 4.72. The van der Waals surface area contributed by atoms with Gasteiger partial charge in [0.05, 0.1) is 0 Å². The molecular formula is C8H11N2O2. The summed E-state index contributed by atoms with van der Waals surface area (Å²) in [6.45, 7) is 0. The lowest BCUT2D eigenvalue weighted by Crippen LogP contribution is -2.47. The molecule has 0 atom stereocenters. The van der Waals surface area contributed by atoms with E-state index in [4.69, 9.17) is 0 Å². The van der Waals surface area contributed by atoms with E-state index in [0.717, 1.165) is 32.1 Å². The van der Waals surface area contributed by atoms with E-state index in [1.165, 1.54) is 0 Å². The zero-order valence-corrected chi connectivity index (χ0v) is 6.80. The second-order valence-corrected chi connectivity index (χ2v) is 3.49. The summed E-state index contributed by atoms with van der Waals surface area (Å²) in [5.74, 6) is -0.257. The number of imide groups is 1. The van der Waals surface area contributed by atoms with Gasteiger partial charge < -0.3 is 5.32 Å². The first kappa shape index (κ1) is 7.58. The molecule has 1 aliphatic heterocycles. The van der Waals surface area contributed by atoms with Crippen LogP contribution in [0.15, 0.2) is 0 Å². The average Bonchev–Trinajstić information content (AvgIpc) is 2.29. The first-order chi connectivity index (χ1) is 5.73. The number of urea groups is 1. The Hall–Kier alpha value is -1.06. The molecule has 1 N–H and O–H groups in total. The van der Waals surface area contributed by atoms with Gasteiger partial charge in [0.2, 0.25) is 0 Å². The highest BCUT2D eigenvalue weighted by Gasteiger charge is 2.47. The van der Waals surface area contributed by atoms with Crippen molar-refractivity contribution in [2.45, 2.75) is 37.6 Å². The fourth-order valence-electron chi connectivity index (χ4n) is 1.98. The van der Waals surface area contributed by atoms with Crippen molar-refractivity contribution in [3.8, 4) is 0 Å². The summed E-state index contributed by atoms with van der Waals surface area (Å²) in [7, 11) is 0. The number of hydrogen-bond acceptors (Lipinski definition) is 2. The molecule has 1 radical (unpaired) electrons.